The van der Waals surface area contributed by atoms with E-state index in [2.05, 4.69) is 27.2 Å². The molecule has 2 aromatic rings. The van der Waals surface area contributed by atoms with E-state index in [9.17, 15) is 0 Å². The van der Waals surface area contributed by atoms with Gasteiger partial charge in [-0.05, 0) is 12.5 Å². The molecule has 0 aliphatic rings. The third kappa shape index (κ3) is 2.46. The molecule has 2 aromatic heterocycles. The van der Waals surface area contributed by atoms with Gasteiger partial charge >= 0.3 is 0 Å². The number of anilines is 2. The predicted octanol–water partition coefficient (Wildman–Crippen LogP) is 2.00. The van der Waals surface area contributed by atoms with Crippen molar-refractivity contribution in [1.82, 2.24) is 15.0 Å². The molecular weight excluding hydrogens is 222 g/mol. The smallest absolute Gasteiger partial charge is 0.220 e. The van der Waals surface area contributed by atoms with Gasteiger partial charge in [0, 0.05) is 18.9 Å². The van der Waals surface area contributed by atoms with E-state index in [0.717, 1.165) is 28.7 Å². The van der Waals surface area contributed by atoms with Crippen molar-refractivity contribution in [3.05, 3.63) is 18.5 Å². The maximum absolute atomic E-state index is 5.53. The minimum Gasteiger partial charge on any atom is -0.368 e. The number of thiazole rings is 1. The second-order valence-corrected chi connectivity index (χ2v) is 4.29. The monoisotopic (exact) mass is 235 g/mol. The molecule has 0 amide bonds. The van der Waals surface area contributed by atoms with Crippen LogP contribution in [0.15, 0.2) is 18.5 Å². The van der Waals surface area contributed by atoms with Crippen LogP contribution in [0.3, 0.4) is 0 Å². The Hall–Kier alpha value is -1.69. The summed E-state index contributed by atoms with van der Waals surface area (Å²) in [5.41, 5.74) is 6.34. The Morgan fingerprint density at radius 1 is 1.44 bits per heavy atom. The SMILES string of the molecule is CCCNc1ncc(-c2ccnc(N)n2)s1. The average molecular weight is 235 g/mol. The molecule has 0 atom stereocenters. The molecule has 2 rings (SSSR count). The van der Waals surface area contributed by atoms with Crippen molar-refractivity contribution in [1.29, 1.82) is 0 Å². The summed E-state index contributed by atoms with van der Waals surface area (Å²) in [6.45, 7) is 3.05. The van der Waals surface area contributed by atoms with Crippen molar-refractivity contribution in [3.63, 3.8) is 0 Å². The molecule has 0 bridgehead atoms. The Labute approximate surface area is 97.8 Å². The Balaban J connectivity index is 2.18. The lowest BCUT2D eigenvalue weighted by Crippen LogP contribution is -1.97. The Morgan fingerprint density at radius 2 is 2.31 bits per heavy atom. The molecular formula is C10H13N5S. The van der Waals surface area contributed by atoms with Crippen LogP contribution in [0.1, 0.15) is 13.3 Å². The first-order valence-corrected chi connectivity index (χ1v) is 5.90. The normalized spacial score (nSPS) is 10.3. The highest BCUT2D eigenvalue weighted by Crippen LogP contribution is 2.27. The van der Waals surface area contributed by atoms with Gasteiger partial charge in [-0.15, -0.1) is 0 Å². The lowest BCUT2D eigenvalue weighted by Gasteiger charge is -1.97. The van der Waals surface area contributed by atoms with E-state index in [1.807, 2.05) is 6.07 Å². The zero-order chi connectivity index (χ0) is 11.4. The van der Waals surface area contributed by atoms with E-state index >= 15 is 0 Å². The Bertz CT molecular complexity index is 468. The minimum absolute atomic E-state index is 0.286. The molecule has 5 nitrogen and oxygen atoms in total. The minimum atomic E-state index is 0.286. The van der Waals surface area contributed by atoms with Crippen molar-refractivity contribution in [2.45, 2.75) is 13.3 Å². The van der Waals surface area contributed by atoms with Gasteiger partial charge in [0.15, 0.2) is 5.13 Å². The molecule has 0 aromatic carbocycles. The molecule has 0 aliphatic carbocycles. The number of hydrogen-bond donors (Lipinski definition) is 2. The number of nitrogen functional groups attached to an aromatic ring is 1. The lowest BCUT2D eigenvalue weighted by atomic mass is 10.4. The van der Waals surface area contributed by atoms with Crippen molar-refractivity contribution >= 4 is 22.4 Å². The van der Waals surface area contributed by atoms with Crippen LogP contribution in [0.2, 0.25) is 0 Å². The van der Waals surface area contributed by atoms with Gasteiger partial charge in [-0.1, -0.05) is 18.3 Å². The zero-order valence-electron chi connectivity index (χ0n) is 8.97. The van der Waals surface area contributed by atoms with Gasteiger partial charge in [0.2, 0.25) is 5.95 Å². The Morgan fingerprint density at radius 3 is 3.06 bits per heavy atom. The molecule has 0 fully saturated rings. The second kappa shape index (κ2) is 4.89. The summed E-state index contributed by atoms with van der Waals surface area (Å²) >= 11 is 1.57. The van der Waals surface area contributed by atoms with Gasteiger partial charge in [0.25, 0.3) is 0 Å². The number of nitrogens with one attached hydrogen (secondary N) is 1. The number of rotatable bonds is 4. The van der Waals surface area contributed by atoms with Crippen molar-refractivity contribution in [2.75, 3.05) is 17.6 Å². The first-order valence-electron chi connectivity index (χ1n) is 5.08. The molecule has 0 unspecified atom stereocenters. The van der Waals surface area contributed by atoms with Crippen LogP contribution in [-0.4, -0.2) is 21.5 Å². The standard InChI is InChI=1S/C10H13N5S/c1-2-4-13-10-14-6-8(16-10)7-3-5-12-9(11)15-7/h3,5-6H,2,4H2,1H3,(H,13,14)(H2,11,12,15). The summed E-state index contributed by atoms with van der Waals surface area (Å²) in [7, 11) is 0. The Kier molecular flexibility index (Phi) is 3.31. The van der Waals surface area contributed by atoms with Crippen molar-refractivity contribution in [2.24, 2.45) is 0 Å². The molecule has 0 saturated carbocycles. The highest BCUT2D eigenvalue weighted by Gasteiger charge is 2.05. The van der Waals surface area contributed by atoms with Gasteiger partial charge in [-0.3, -0.25) is 0 Å². The van der Waals surface area contributed by atoms with Gasteiger partial charge in [0.05, 0.1) is 10.6 Å². The number of hydrogen-bond acceptors (Lipinski definition) is 6. The van der Waals surface area contributed by atoms with Gasteiger partial charge in [-0.25, -0.2) is 15.0 Å². The average Bonchev–Trinajstić information content (AvgIpc) is 2.75. The van der Waals surface area contributed by atoms with Gasteiger partial charge in [0.1, 0.15) is 0 Å². The summed E-state index contributed by atoms with van der Waals surface area (Å²) in [4.78, 5) is 13.3. The summed E-state index contributed by atoms with van der Waals surface area (Å²) in [6.07, 6.45) is 4.52. The predicted molar refractivity (Wildman–Crippen MR) is 66.3 cm³/mol. The topological polar surface area (TPSA) is 76.7 Å². The maximum atomic E-state index is 5.53. The third-order valence-electron chi connectivity index (χ3n) is 1.96. The molecule has 0 saturated heterocycles. The van der Waals surface area contributed by atoms with Crippen LogP contribution in [0.4, 0.5) is 11.1 Å². The van der Waals surface area contributed by atoms with E-state index in [0.29, 0.717) is 0 Å². The molecule has 0 aliphatic heterocycles. The number of nitrogens with zero attached hydrogens (tertiary/aromatic N) is 3. The zero-order valence-corrected chi connectivity index (χ0v) is 9.79. The second-order valence-electron chi connectivity index (χ2n) is 3.26. The summed E-state index contributed by atoms with van der Waals surface area (Å²) in [5.74, 6) is 0.286. The molecule has 3 N–H and O–H groups in total. The fourth-order valence-electron chi connectivity index (χ4n) is 1.22. The summed E-state index contributed by atoms with van der Waals surface area (Å²) in [6, 6.07) is 1.83. The molecule has 2 heterocycles. The van der Waals surface area contributed by atoms with Crippen LogP contribution in [0.5, 0.6) is 0 Å². The molecule has 84 valence electrons. The van der Waals surface area contributed by atoms with Crippen LogP contribution < -0.4 is 11.1 Å². The molecule has 0 radical (unpaired) electrons. The van der Waals surface area contributed by atoms with Gasteiger partial charge in [-0.2, -0.15) is 0 Å². The van der Waals surface area contributed by atoms with E-state index in [1.54, 1.807) is 23.7 Å². The van der Waals surface area contributed by atoms with Crippen LogP contribution in [0, 0.1) is 0 Å². The maximum Gasteiger partial charge on any atom is 0.220 e. The van der Waals surface area contributed by atoms with Gasteiger partial charge < -0.3 is 11.1 Å². The van der Waals surface area contributed by atoms with E-state index in [1.165, 1.54) is 0 Å². The highest BCUT2D eigenvalue weighted by atomic mass is 32.1. The van der Waals surface area contributed by atoms with E-state index < -0.39 is 0 Å². The number of aromatic nitrogens is 3. The first-order chi connectivity index (χ1) is 7.79. The highest BCUT2D eigenvalue weighted by molar-refractivity contribution is 7.18. The summed E-state index contributed by atoms with van der Waals surface area (Å²) < 4.78 is 0. The summed E-state index contributed by atoms with van der Waals surface area (Å²) in [5, 5.41) is 4.14. The first kappa shape index (κ1) is 10.8. The van der Waals surface area contributed by atoms with Crippen molar-refractivity contribution in [3.8, 4) is 10.6 Å². The van der Waals surface area contributed by atoms with Crippen molar-refractivity contribution < 1.29 is 0 Å². The largest absolute Gasteiger partial charge is 0.368 e. The van der Waals surface area contributed by atoms with E-state index in [-0.39, 0.29) is 5.95 Å². The molecule has 16 heavy (non-hydrogen) atoms. The molecule has 6 heteroatoms. The molecule has 0 spiro atoms. The third-order valence-corrected chi connectivity index (χ3v) is 2.94. The fraction of sp³-hybridized carbons (Fsp3) is 0.300. The quantitative estimate of drug-likeness (QED) is 0.847. The number of nitrogens with two attached hydrogens (primary N) is 1. The van der Waals surface area contributed by atoms with E-state index in [4.69, 9.17) is 5.73 Å². The van der Waals surface area contributed by atoms with Crippen LogP contribution in [0.25, 0.3) is 10.6 Å². The lowest BCUT2D eigenvalue weighted by molar-refractivity contribution is 0.976. The fourth-order valence-corrected chi connectivity index (χ4v) is 2.03. The van der Waals surface area contributed by atoms with Crippen LogP contribution >= 0.6 is 11.3 Å². The van der Waals surface area contributed by atoms with Crippen LogP contribution in [-0.2, 0) is 0 Å².